The fraction of sp³-hybridized carbons (Fsp3) is 0.750. The zero-order valence-electron chi connectivity index (χ0n) is 11.5. The number of ether oxygens (including phenoxy) is 1. The third kappa shape index (κ3) is 4.22. The molecule has 2 atom stereocenters. The number of aryl methyl sites for hydroxylation is 1. The van der Waals surface area contributed by atoms with E-state index in [2.05, 4.69) is 20.4 Å². The molecule has 19 heavy (non-hydrogen) atoms. The molecule has 1 aromatic rings. The van der Waals surface area contributed by atoms with E-state index in [-0.39, 0.29) is 18.1 Å². The number of anilines is 1. The normalized spacial score (nSPS) is 24.4. The van der Waals surface area contributed by atoms with Gasteiger partial charge in [-0.15, -0.1) is 10.2 Å². The number of rotatable bonds is 4. The summed E-state index contributed by atoms with van der Waals surface area (Å²) in [6.45, 7) is 8.02. The van der Waals surface area contributed by atoms with Gasteiger partial charge in [0.25, 0.3) is 0 Å². The van der Waals surface area contributed by atoms with Crippen molar-refractivity contribution in [2.45, 2.75) is 39.4 Å². The van der Waals surface area contributed by atoms with Gasteiger partial charge in [0.15, 0.2) is 0 Å². The van der Waals surface area contributed by atoms with Crippen molar-refractivity contribution in [3.8, 4) is 0 Å². The van der Waals surface area contributed by atoms with Crippen LogP contribution in [0, 0.1) is 0 Å². The predicted molar refractivity (Wildman–Crippen MR) is 74.4 cm³/mol. The van der Waals surface area contributed by atoms with E-state index in [1.807, 2.05) is 20.8 Å². The summed E-state index contributed by atoms with van der Waals surface area (Å²) >= 11 is 1.43. The maximum absolute atomic E-state index is 11.9. The minimum Gasteiger partial charge on any atom is -0.373 e. The van der Waals surface area contributed by atoms with E-state index in [9.17, 15) is 4.79 Å². The van der Waals surface area contributed by atoms with Crippen LogP contribution in [0.2, 0.25) is 0 Å². The molecule has 2 rings (SSSR count). The Morgan fingerprint density at radius 1 is 1.42 bits per heavy atom. The van der Waals surface area contributed by atoms with Gasteiger partial charge in [-0.3, -0.25) is 15.0 Å². The van der Waals surface area contributed by atoms with Crippen molar-refractivity contribution in [2.75, 3.05) is 25.0 Å². The molecule has 2 heterocycles. The molecule has 106 valence electrons. The van der Waals surface area contributed by atoms with Crippen LogP contribution in [-0.4, -0.2) is 52.8 Å². The van der Waals surface area contributed by atoms with Crippen LogP contribution >= 0.6 is 11.3 Å². The molecule has 1 amide bonds. The van der Waals surface area contributed by atoms with Gasteiger partial charge in [-0.05, 0) is 20.3 Å². The van der Waals surface area contributed by atoms with Crippen LogP contribution in [-0.2, 0) is 16.0 Å². The maximum Gasteiger partial charge on any atom is 0.240 e. The molecule has 0 saturated carbocycles. The van der Waals surface area contributed by atoms with Gasteiger partial charge >= 0.3 is 0 Å². The Balaban J connectivity index is 1.83. The Morgan fingerprint density at radius 2 is 2.11 bits per heavy atom. The molecule has 0 radical (unpaired) electrons. The largest absolute Gasteiger partial charge is 0.373 e. The maximum atomic E-state index is 11.9. The van der Waals surface area contributed by atoms with Crippen molar-refractivity contribution in [1.29, 1.82) is 0 Å². The van der Waals surface area contributed by atoms with Crippen LogP contribution in [0.15, 0.2) is 0 Å². The molecule has 1 fully saturated rings. The second-order valence-corrected chi connectivity index (χ2v) is 5.92. The molecule has 0 spiro atoms. The number of amides is 1. The highest BCUT2D eigenvalue weighted by Gasteiger charge is 2.23. The van der Waals surface area contributed by atoms with Crippen molar-refractivity contribution in [1.82, 2.24) is 15.1 Å². The summed E-state index contributed by atoms with van der Waals surface area (Å²) in [5, 5.41) is 12.2. The average Bonchev–Trinajstić information content (AvgIpc) is 2.74. The van der Waals surface area contributed by atoms with Gasteiger partial charge in [0.2, 0.25) is 11.0 Å². The summed E-state index contributed by atoms with van der Waals surface area (Å²) in [5.74, 6) is -0.0416. The van der Waals surface area contributed by atoms with Gasteiger partial charge in [0, 0.05) is 13.1 Å². The summed E-state index contributed by atoms with van der Waals surface area (Å²) in [4.78, 5) is 14.0. The quantitative estimate of drug-likeness (QED) is 0.898. The number of hydrogen-bond donors (Lipinski definition) is 1. The summed E-state index contributed by atoms with van der Waals surface area (Å²) in [5.41, 5.74) is 0. The first-order valence-electron chi connectivity index (χ1n) is 6.57. The van der Waals surface area contributed by atoms with Crippen LogP contribution in [0.4, 0.5) is 5.13 Å². The number of carbonyl (C=O) groups excluding carboxylic acids is 1. The second kappa shape index (κ2) is 6.40. The van der Waals surface area contributed by atoms with Gasteiger partial charge in [-0.25, -0.2) is 0 Å². The number of morpholine rings is 1. The first-order valence-corrected chi connectivity index (χ1v) is 7.38. The molecule has 6 nitrogen and oxygen atoms in total. The lowest BCUT2D eigenvalue weighted by Crippen LogP contribution is -2.48. The average molecular weight is 284 g/mol. The smallest absolute Gasteiger partial charge is 0.240 e. The van der Waals surface area contributed by atoms with Crippen molar-refractivity contribution < 1.29 is 9.53 Å². The highest BCUT2D eigenvalue weighted by atomic mass is 32.1. The Hall–Kier alpha value is -1.05. The predicted octanol–water partition coefficient (Wildman–Crippen LogP) is 1.15. The molecule has 1 aromatic heterocycles. The van der Waals surface area contributed by atoms with E-state index in [0.717, 1.165) is 24.5 Å². The highest BCUT2D eigenvalue weighted by molar-refractivity contribution is 7.15. The lowest BCUT2D eigenvalue weighted by atomic mass is 10.2. The Labute approximate surface area is 117 Å². The van der Waals surface area contributed by atoms with Crippen LogP contribution in [0.5, 0.6) is 0 Å². The van der Waals surface area contributed by atoms with Crippen LogP contribution in [0.25, 0.3) is 0 Å². The molecular weight excluding hydrogens is 264 g/mol. The van der Waals surface area contributed by atoms with E-state index in [4.69, 9.17) is 4.74 Å². The number of hydrogen-bond acceptors (Lipinski definition) is 6. The summed E-state index contributed by atoms with van der Waals surface area (Å²) in [6, 6.07) is 0. The minimum atomic E-state index is -0.0416. The van der Waals surface area contributed by atoms with Crippen molar-refractivity contribution in [3.05, 3.63) is 5.01 Å². The van der Waals surface area contributed by atoms with E-state index in [1.165, 1.54) is 11.3 Å². The molecule has 0 aromatic carbocycles. The Bertz CT molecular complexity index is 427. The van der Waals surface area contributed by atoms with E-state index < -0.39 is 0 Å². The van der Waals surface area contributed by atoms with Gasteiger partial charge in [-0.1, -0.05) is 18.3 Å². The third-order valence-corrected chi connectivity index (χ3v) is 3.86. The summed E-state index contributed by atoms with van der Waals surface area (Å²) in [7, 11) is 0. The Kier molecular flexibility index (Phi) is 4.84. The number of aromatic nitrogens is 2. The number of carbonyl (C=O) groups is 1. The van der Waals surface area contributed by atoms with Crippen molar-refractivity contribution in [3.63, 3.8) is 0 Å². The number of nitrogens with zero attached hydrogens (tertiary/aromatic N) is 3. The molecule has 0 aliphatic carbocycles. The third-order valence-electron chi connectivity index (χ3n) is 2.88. The van der Waals surface area contributed by atoms with Crippen molar-refractivity contribution in [2.24, 2.45) is 0 Å². The first-order chi connectivity index (χ1) is 9.06. The standard InChI is InChI=1S/C12H20N4O2S/c1-4-11-14-15-12(19-11)13-10(17)7-16-5-8(2)18-9(3)6-16/h8-9H,4-7H2,1-3H3,(H,13,15,17)/t8-,9+. The highest BCUT2D eigenvalue weighted by Crippen LogP contribution is 2.16. The molecule has 1 aliphatic rings. The second-order valence-electron chi connectivity index (χ2n) is 4.85. The molecule has 1 N–H and O–H groups in total. The van der Waals surface area contributed by atoms with E-state index in [1.54, 1.807) is 0 Å². The zero-order valence-corrected chi connectivity index (χ0v) is 12.4. The van der Waals surface area contributed by atoms with Gasteiger partial charge in [-0.2, -0.15) is 0 Å². The summed E-state index contributed by atoms with van der Waals surface area (Å²) < 4.78 is 5.64. The minimum absolute atomic E-state index is 0.0416. The van der Waals surface area contributed by atoms with Crippen molar-refractivity contribution >= 4 is 22.4 Å². The molecule has 1 aliphatic heterocycles. The zero-order chi connectivity index (χ0) is 13.8. The summed E-state index contributed by atoms with van der Waals surface area (Å²) in [6.07, 6.45) is 1.18. The lowest BCUT2D eigenvalue weighted by molar-refractivity contribution is -0.121. The van der Waals surface area contributed by atoms with Crippen LogP contribution in [0.3, 0.4) is 0 Å². The first kappa shape index (κ1) is 14.4. The van der Waals surface area contributed by atoms with Gasteiger partial charge < -0.3 is 4.74 Å². The Morgan fingerprint density at radius 3 is 2.68 bits per heavy atom. The fourth-order valence-corrected chi connectivity index (χ4v) is 2.92. The van der Waals surface area contributed by atoms with E-state index in [0.29, 0.717) is 11.7 Å². The van der Waals surface area contributed by atoms with Gasteiger partial charge in [0.1, 0.15) is 5.01 Å². The van der Waals surface area contributed by atoms with Crippen LogP contribution in [0.1, 0.15) is 25.8 Å². The molecule has 1 saturated heterocycles. The SMILES string of the molecule is CCc1nnc(NC(=O)CN2C[C@@H](C)O[C@@H](C)C2)s1. The van der Waals surface area contributed by atoms with E-state index >= 15 is 0 Å². The monoisotopic (exact) mass is 284 g/mol. The van der Waals surface area contributed by atoms with Crippen LogP contribution < -0.4 is 5.32 Å². The fourth-order valence-electron chi connectivity index (χ4n) is 2.22. The number of nitrogens with one attached hydrogen (secondary N) is 1. The molecule has 0 bridgehead atoms. The molecular formula is C12H20N4O2S. The topological polar surface area (TPSA) is 67.4 Å². The lowest BCUT2D eigenvalue weighted by Gasteiger charge is -2.34. The van der Waals surface area contributed by atoms with Gasteiger partial charge in [0.05, 0.1) is 18.8 Å². The molecule has 0 unspecified atom stereocenters. The molecule has 7 heteroatoms.